The molecule has 0 heterocycles. The Labute approximate surface area is 182 Å². The number of carbonyl (C=O) groups excluding carboxylic acids is 3. The van der Waals surface area contributed by atoms with E-state index in [0.29, 0.717) is 5.56 Å². The first kappa shape index (κ1) is 22.0. The van der Waals surface area contributed by atoms with Crippen molar-refractivity contribution in [2.24, 2.45) is 17.6 Å². The molecule has 1 saturated carbocycles. The van der Waals surface area contributed by atoms with Crippen molar-refractivity contribution in [1.29, 1.82) is 0 Å². The maximum atomic E-state index is 13.2. The number of ketones is 2. The van der Waals surface area contributed by atoms with E-state index >= 15 is 0 Å². The summed E-state index contributed by atoms with van der Waals surface area (Å²) in [5.74, 6) is -7.89. The van der Waals surface area contributed by atoms with Crippen LogP contribution < -0.4 is 5.73 Å². The first-order valence-electron chi connectivity index (χ1n) is 9.98. The van der Waals surface area contributed by atoms with Crippen LogP contribution in [0.1, 0.15) is 22.8 Å². The average Bonchev–Trinajstić information content (AvgIpc) is 2.69. The molecule has 2 unspecified atom stereocenters. The number of primary amides is 1. The van der Waals surface area contributed by atoms with Crippen LogP contribution in [0.4, 0.5) is 0 Å². The summed E-state index contributed by atoms with van der Waals surface area (Å²) in [4.78, 5) is 39.5. The van der Waals surface area contributed by atoms with E-state index < -0.39 is 52.8 Å². The van der Waals surface area contributed by atoms with Gasteiger partial charge in [-0.15, -0.1) is 0 Å². The van der Waals surface area contributed by atoms with Gasteiger partial charge >= 0.3 is 0 Å². The predicted molar refractivity (Wildman–Crippen MR) is 111 cm³/mol. The van der Waals surface area contributed by atoms with Crippen LogP contribution >= 0.6 is 0 Å². The zero-order chi connectivity index (χ0) is 23.9. The molecule has 4 rings (SSSR count). The van der Waals surface area contributed by atoms with Crippen LogP contribution in [0.15, 0.2) is 12.1 Å². The van der Waals surface area contributed by atoms with Gasteiger partial charge in [0.15, 0.2) is 23.1 Å². The number of amides is 1. The SMILES string of the molecule is Cc1ccc(O)c2c(O)c3c(c(O)c12)C[C@@H]1[C@@H](N(C)C)C(=O)C(C(N)=O)C(=O)[C@]1(O)C3O. The fourth-order valence-corrected chi connectivity index (χ4v) is 5.38. The number of aryl methyl sites for hydroxylation is 1. The zero-order valence-corrected chi connectivity index (χ0v) is 17.7. The van der Waals surface area contributed by atoms with Crippen LogP contribution in [0, 0.1) is 18.8 Å². The molecule has 1 fully saturated rings. The van der Waals surface area contributed by atoms with E-state index in [1.165, 1.54) is 31.1 Å². The van der Waals surface area contributed by atoms with Crippen molar-refractivity contribution < 1.29 is 39.9 Å². The molecule has 10 nitrogen and oxygen atoms in total. The Kier molecular flexibility index (Phi) is 4.74. The van der Waals surface area contributed by atoms with Gasteiger partial charge in [0.2, 0.25) is 5.91 Å². The highest BCUT2D eigenvalue weighted by molar-refractivity contribution is 6.24. The molecular weight excluding hydrogens is 420 g/mol. The summed E-state index contributed by atoms with van der Waals surface area (Å²) in [6.07, 6.45) is -2.37. The van der Waals surface area contributed by atoms with Gasteiger partial charge < -0.3 is 31.3 Å². The Morgan fingerprint density at radius 1 is 1.12 bits per heavy atom. The van der Waals surface area contributed by atoms with Crippen molar-refractivity contribution in [2.45, 2.75) is 31.1 Å². The summed E-state index contributed by atoms with van der Waals surface area (Å²) < 4.78 is 0. The van der Waals surface area contributed by atoms with Crippen molar-refractivity contribution in [3.63, 3.8) is 0 Å². The number of rotatable bonds is 2. The molecule has 5 atom stereocenters. The Balaban J connectivity index is 2.07. The topological polar surface area (TPSA) is 182 Å². The molecule has 170 valence electrons. The molecule has 32 heavy (non-hydrogen) atoms. The van der Waals surface area contributed by atoms with E-state index in [9.17, 15) is 39.9 Å². The molecule has 0 radical (unpaired) electrons. The minimum atomic E-state index is -2.65. The van der Waals surface area contributed by atoms with Crippen molar-refractivity contribution in [3.8, 4) is 17.2 Å². The Bertz CT molecular complexity index is 1210. The van der Waals surface area contributed by atoms with Gasteiger partial charge in [-0.05, 0) is 39.1 Å². The number of Topliss-reactive ketones (excluding diaryl/α,β-unsaturated/α-hetero) is 2. The summed E-state index contributed by atoms with van der Waals surface area (Å²) in [5.41, 5.74) is 2.85. The van der Waals surface area contributed by atoms with Crippen LogP contribution in [-0.4, -0.2) is 73.6 Å². The van der Waals surface area contributed by atoms with Crippen LogP contribution in [0.2, 0.25) is 0 Å². The van der Waals surface area contributed by atoms with Crippen molar-refractivity contribution >= 4 is 28.2 Å². The minimum Gasteiger partial charge on any atom is -0.507 e. The normalized spacial score (nSPS) is 29.8. The van der Waals surface area contributed by atoms with E-state index in [1.54, 1.807) is 6.92 Å². The third-order valence-electron chi connectivity index (χ3n) is 6.87. The van der Waals surface area contributed by atoms with E-state index in [1.807, 2.05) is 0 Å². The third-order valence-corrected chi connectivity index (χ3v) is 6.87. The number of phenols is 3. The molecule has 7 N–H and O–H groups in total. The molecule has 0 saturated heterocycles. The van der Waals surface area contributed by atoms with Crippen molar-refractivity contribution in [2.75, 3.05) is 14.1 Å². The van der Waals surface area contributed by atoms with Crippen LogP contribution in [0.25, 0.3) is 10.8 Å². The molecule has 0 aliphatic heterocycles. The number of aliphatic hydroxyl groups excluding tert-OH is 1. The van der Waals surface area contributed by atoms with E-state index in [2.05, 4.69) is 0 Å². The lowest BCUT2D eigenvalue weighted by Crippen LogP contribution is -2.70. The smallest absolute Gasteiger partial charge is 0.235 e. The number of nitrogens with two attached hydrogens (primary N) is 1. The Morgan fingerprint density at radius 3 is 2.31 bits per heavy atom. The molecule has 2 aromatic rings. The van der Waals surface area contributed by atoms with Gasteiger partial charge in [0, 0.05) is 22.4 Å². The lowest BCUT2D eigenvalue weighted by Gasteiger charge is -2.51. The van der Waals surface area contributed by atoms with Gasteiger partial charge in [0.1, 0.15) is 23.4 Å². The largest absolute Gasteiger partial charge is 0.507 e. The number of aliphatic hydroxyl groups is 2. The van der Waals surface area contributed by atoms with Gasteiger partial charge in [-0.25, -0.2) is 0 Å². The fourth-order valence-electron chi connectivity index (χ4n) is 5.38. The first-order chi connectivity index (χ1) is 14.8. The molecule has 2 aromatic carbocycles. The molecule has 0 spiro atoms. The van der Waals surface area contributed by atoms with Gasteiger partial charge in [-0.1, -0.05) is 6.07 Å². The number of carbonyl (C=O) groups is 3. The molecular formula is C22H24N2O8. The van der Waals surface area contributed by atoms with Gasteiger partial charge in [0.25, 0.3) is 0 Å². The molecule has 0 bridgehead atoms. The van der Waals surface area contributed by atoms with Crippen LogP contribution in [0.5, 0.6) is 17.2 Å². The van der Waals surface area contributed by atoms with Gasteiger partial charge in [-0.3, -0.25) is 19.3 Å². The monoisotopic (exact) mass is 444 g/mol. The Hall–Kier alpha value is -3.21. The molecule has 0 aromatic heterocycles. The average molecular weight is 444 g/mol. The fraction of sp³-hybridized carbons (Fsp3) is 0.409. The summed E-state index contributed by atoms with van der Waals surface area (Å²) in [6, 6.07) is 1.65. The maximum Gasteiger partial charge on any atom is 0.235 e. The van der Waals surface area contributed by atoms with Crippen molar-refractivity contribution in [3.05, 3.63) is 28.8 Å². The lowest BCUT2D eigenvalue weighted by atomic mass is 9.57. The quantitative estimate of drug-likeness (QED) is 0.260. The standard InChI is InChI=1S/C22H24N2O8/c1-7-4-5-10(25)13-11(7)16(26)8-6-9-15(24(2)3)18(28)14(21(23)31)20(30)22(9,32)19(29)12(8)17(13)27/h4-5,9,14-15,19,25-27,29,32H,6H2,1-3H3,(H2,23,31)/t9-,14?,15-,19?,22-/m1/s1. The highest BCUT2D eigenvalue weighted by Gasteiger charge is 2.66. The van der Waals surface area contributed by atoms with Gasteiger partial charge in [-0.2, -0.15) is 0 Å². The molecule has 1 amide bonds. The second-order valence-electron chi connectivity index (χ2n) is 8.79. The van der Waals surface area contributed by atoms with Gasteiger partial charge in [0.05, 0.1) is 11.4 Å². The van der Waals surface area contributed by atoms with E-state index in [4.69, 9.17) is 5.73 Å². The van der Waals surface area contributed by atoms with Crippen LogP contribution in [-0.2, 0) is 20.8 Å². The summed E-state index contributed by atoms with van der Waals surface area (Å²) in [5, 5.41) is 55.0. The van der Waals surface area contributed by atoms with E-state index in [0.717, 1.165) is 0 Å². The summed E-state index contributed by atoms with van der Waals surface area (Å²) in [6.45, 7) is 1.65. The summed E-state index contributed by atoms with van der Waals surface area (Å²) >= 11 is 0. The number of phenolic OH excluding ortho intramolecular Hbond substituents is 3. The number of aromatic hydroxyl groups is 3. The number of nitrogens with zero attached hydrogens (tertiary/aromatic N) is 1. The number of likely N-dealkylation sites (N-methyl/N-ethyl adjacent to an activating group) is 1. The summed E-state index contributed by atoms with van der Waals surface area (Å²) in [7, 11) is 3.03. The number of hydrogen-bond acceptors (Lipinski definition) is 9. The number of hydrogen-bond donors (Lipinski definition) is 6. The minimum absolute atomic E-state index is 0.0378. The zero-order valence-electron chi connectivity index (χ0n) is 17.7. The predicted octanol–water partition coefficient (Wildman–Crippen LogP) is -0.615. The highest BCUT2D eigenvalue weighted by Crippen LogP contribution is 2.56. The second kappa shape index (κ2) is 6.89. The lowest BCUT2D eigenvalue weighted by molar-refractivity contribution is -0.187. The maximum absolute atomic E-state index is 13.2. The van der Waals surface area contributed by atoms with E-state index in [-0.39, 0.29) is 39.8 Å². The molecule has 10 heteroatoms. The van der Waals surface area contributed by atoms with Crippen molar-refractivity contribution in [1.82, 2.24) is 4.90 Å². The third kappa shape index (κ3) is 2.54. The van der Waals surface area contributed by atoms with Crippen LogP contribution in [0.3, 0.4) is 0 Å². The molecule has 2 aliphatic carbocycles. The number of fused-ring (bicyclic) bond motifs is 3. The Morgan fingerprint density at radius 2 is 1.75 bits per heavy atom. The first-order valence-corrected chi connectivity index (χ1v) is 9.98. The highest BCUT2D eigenvalue weighted by atomic mass is 16.4. The second-order valence-corrected chi connectivity index (χ2v) is 8.79. The molecule has 2 aliphatic rings. The number of benzene rings is 2.